The first-order valence-corrected chi connectivity index (χ1v) is 6.69. The minimum Gasteiger partial charge on any atom is -0.381 e. The first-order chi connectivity index (χ1) is 8.72. The molecule has 0 heterocycles. The SMILES string of the molecule is Cc1cc(Cl)ccc1NC1Cc2ccccc2C1. The quantitative estimate of drug-likeness (QED) is 0.849. The molecule has 0 fully saturated rings. The van der Waals surface area contributed by atoms with Crippen molar-refractivity contribution in [3.63, 3.8) is 0 Å². The molecule has 0 aromatic heterocycles. The summed E-state index contributed by atoms with van der Waals surface area (Å²) >= 11 is 5.98. The number of nitrogens with one attached hydrogen (secondary N) is 1. The molecule has 0 saturated carbocycles. The summed E-state index contributed by atoms with van der Waals surface area (Å²) in [7, 11) is 0. The maximum Gasteiger partial charge on any atom is 0.0410 e. The highest BCUT2D eigenvalue weighted by Crippen LogP contribution is 2.26. The Bertz CT molecular complexity index is 552. The van der Waals surface area contributed by atoms with E-state index in [1.165, 1.54) is 22.4 Å². The summed E-state index contributed by atoms with van der Waals surface area (Å²) < 4.78 is 0. The average Bonchev–Trinajstić information content (AvgIpc) is 2.75. The van der Waals surface area contributed by atoms with Crippen LogP contribution < -0.4 is 5.32 Å². The summed E-state index contributed by atoms with van der Waals surface area (Å²) in [5.41, 5.74) is 5.35. The second-order valence-electron chi connectivity index (χ2n) is 4.98. The molecular weight excluding hydrogens is 242 g/mol. The smallest absolute Gasteiger partial charge is 0.0410 e. The number of halogens is 1. The molecule has 0 unspecified atom stereocenters. The standard InChI is InChI=1S/C16H16ClN/c1-11-8-14(17)6-7-16(11)18-15-9-12-4-2-3-5-13(12)10-15/h2-8,15,18H,9-10H2,1H3. The third kappa shape index (κ3) is 2.23. The lowest BCUT2D eigenvalue weighted by Crippen LogP contribution is -2.19. The maximum absolute atomic E-state index is 5.98. The van der Waals surface area contributed by atoms with Gasteiger partial charge in [0.2, 0.25) is 0 Å². The fourth-order valence-corrected chi connectivity index (χ4v) is 2.90. The van der Waals surface area contributed by atoms with Gasteiger partial charge in [-0.3, -0.25) is 0 Å². The summed E-state index contributed by atoms with van der Waals surface area (Å²) in [6.45, 7) is 2.09. The van der Waals surface area contributed by atoms with Gasteiger partial charge in [-0.1, -0.05) is 35.9 Å². The van der Waals surface area contributed by atoms with E-state index < -0.39 is 0 Å². The van der Waals surface area contributed by atoms with Crippen molar-refractivity contribution in [1.29, 1.82) is 0 Å². The molecule has 18 heavy (non-hydrogen) atoms. The minimum absolute atomic E-state index is 0.502. The summed E-state index contributed by atoms with van der Waals surface area (Å²) in [5, 5.41) is 4.42. The van der Waals surface area contributed by atoms with Crippen molar-refractivity contribution in [2.24, 2.45) is 0 Å². The summed E-state index contributed by atoms with van der Waals surface area (Å²) in [6.07, 6.45) is 2.22. The van der Waals surface area contributed by atoms with Crippen molar-refractivity contribution in [3.05, 3.63) is 64.2 Å². The summed E-state index contributed by atoms with van der Waals surface area (Å²) in [5.74, 6) is 0. The molecule has 0 spiro atoms. The number of rotatable bonds is 2. The van der Waals surface area contributed by atoms with Crippen LogP contribution in [0.3, 0.4) is 0 Å². The number of benzene rings is 2. The Morgan fingerprint density at radius 1 is 1.06 bits per heavy atom. The lowest BCUT2D eigenvalue weighted by molar-refractivity contribution is 0.773. The first-order valence-electron chi connectivity index (χ1n) is 6.32. The van der Waals surface area contributed by atoms with Gasteiger partial charge in [0.1, 0.15) is 0 Å². The second kappa shape index (κ2) is 4.66. The van der Waals surface area contributed by atoms with E-state index >= 15 is 0 Å². The van der Waals surface area contributed by atoms with Gasteiger partial charge in [0.05, 0.1) is 0 Å². The van der Waals surface area contributed by atoms with Crippen molar-refractivity contribution in [2.45, 2.75) is 25.8 Å². The van der Waals surface area contributed by atoms with Gasteiger partial charge < -0.3 is 5.32 Å². The monoisotopic (exact) mass is 257 g/mol. The minimum atomic E-state index is 0.502. The first kappa shape index (κ1) is 11.6. The van der Waals surface area contributed by atoms with Gasteiger partial charge >= 0.3 is 0 Å². The third-order valence-corrected chi connectivity index (χ3v) is 3.83. The molecule has 3 rings (SSSR count). The Morgan fingerprint density at radius 3 is 2.33 bits per heavy atom. The molecule has 2 heteroatoms. The van der Waals surface area contributed by atoms with Gasteiger partial charge in [0.15, 0.2) is 0 Å². The van der Waals surface area contributed by atoms with Crippen molar-refractivity contribution in [1.82, 2.24) is 0 Å². The van der Waals surface area contributed by atoms with Crippen LogP contribution in [0.2, 0.25) is 5.02 Å². The molecule has 2 aromatic carbocycles. The zero-order valence-corrected chi connectivity index (χ0v) is 11.2. The van der Waals surface area contributed by atoms with Crippen LogP contribution in [0.5, 0.6) is 0 Å². The molecule has 0 bridgehead atoms. The maximum atomic E-state index is 5.98. The fourth-order valence-electron chi connectivity index (χ4n) is 2.67. The van der Waals surface area contributed by atoms with Gasteiger partial charge in [-0.05, 0) is 54.7 Å². The average molecular weight is 258 g/mol. The van der Waals surface area contributed by atoms with Crippen LogP contribution in [-0.2, 0) is 12.8 Å². The molecule has 0 atom stereocenters. The highest BCUT2D eigenvalue weighted by atomic mass is 35.5. The summed E-state index contributed by atoms with van der Waals surface area (Å²) in [6, 6.07) is 15.2. The zero-order valence-electron chi connectivity index (χ0n) is 10.4. The second-order valence-corrected chi connectivity index (χ2v) is 5.41. The van der Waals surface area contributed by atoms with E-state index in [2.05, 4.69) is 42.6 Å². The number of aryl methyl sites for hydroxylation is 1. The molecule has 92 valence electrons. The highest BCUT2D eigenvalue weighted by Gasteiger charge is 2.20. The summed E-state index contributed by atoms with van der Waals surface area (Å²) in [4.78, 5) is 0. The predicted octanol–water partition coefficient (Wildman–Crippen LogP) is 4.23. The van der Waals surface area contributed by atoms with Crippen LogP contribution in [-0.4, -0.2) is 6.04 Å². The Labute approximate surface area is 113 Å². The zero-order chi connectivity index (χ0) is 12.5. The van der Waals surface area contributed by atoms with Crippen molar-refractivity contribution >= 4 is 17.3 Å². The molecule has 0 radical (unpaired) electrons. The van der Waals surface area contributed by atoms with Gasteiger partial charge in [-0.15, -0.1) is 0 Å². The molecule has 0 saturated heterocycles. The Kier molecular flexibility index (Phi) is 3.00. The fraction of sp³-hybridized carbons (Fsp3) is 0.250. The molecule has 1 aliphatic carbocycles. The van der Waals surface area contributed by atoms with E-state index in [1.54, 1.807) is 0 Å². The Hall–Kier alpha value is -1.47. The number of hydrogen-bond acceptors (Lipinski definition) is 1. The van der Waals surface area contributed by atoms with Crippen LogP contribution in [0.4, 0.5) is 5.69 Å². The topological polar surface area (TPSA) is 12.0 Å². The number of anilines is 1. The van der Waals surface area contributed by atoms with E-state index in [0.29, 0.717) is 6.04 Å². The lowest BCUT2D eigenvalue weighted by atomic mass is 10.1. The van der Waals surface area contributed by atoms with E-state index in [4.69, 9.17) is 11.6 Å². The Morgan fingerprint density at radius 2 is 1.72 bits per heavy atom. The van der Waals surface area contributed by atoms with Crippen LogP contribution >= 0.6 is 11.6 Å². The number of hydrogen-bond donors (Lipinski definition) is 1. The lowest BCUT2D eigenvalue weighted by Gasteiger charge is -2.15. The van der Waals surface area contributed by atoms with E-state index in [-0.39, 0.29) is 0 Å². The van der Waals surface area contributed by atoms with Gasteiger partial charge in [0.25, 0.3) is 0 Å². The molecule has 0 aliphatic heterocycles. The van der Waals surface area contributed by atoms with Crippen molar-refractivity contribution in [2.75, 3.05) is 5.32 Å². The molecular formula is C16H16ClN. The molecule has 0 amide bonds. The van der Waals surface area contributed by atoms with E-state index in [0.717, 1.165) is 17.9 Å². The normalized spacial score (nSPS) is 14.6. The van der Waals surface area contributed by atoms with E-state index in [1.807, 2.05) is 12.1 Å². The molecule has 1 aliphatic rings. The van der Waals surface area contributed by atoms with Gasteiger partial charge in [-0.25, -0.2) is 0 Å². The highest BCUT2D eigenvalue weighted by molar-refractivity contribution is 6.30. The van der Waals surface area contributed by atoms with Gasteiger partial charge in [0, 0.05) is 16.8 Å². The van der Waals surface area contributed by atoms with E-state index in [9.17, 15) is 0 Å². The predicted molar refractivity (Wildman–Crippen MR) is 77.4 cm³/mol. The molecule has 1 nitrogen and oxygen atoms in total. The Balaban J connectivity index is 1.76. The van der Waals surface area contributed by atoms with Crippen molar-refractivity contribution < 1.29 is 0 Å². The van der Waals surface area contributed by atoms with Crippen LogP contribution in [0.25, 0.3) is 0 Å². The number of fused-ring (bicyclic) bond motifs is 1. The van der Waals surface area contributed by atoms with Gasteiger partial charge in [-0.2, -0.15) is 0 Å². The third-order valence-electron chi connectivity index (χ3n) is 3.60. The molecule has 1 N–H and O–H groups in total. The van der Waals surface area contributed by atoms with Crippen molar-refractivity contribution in [3.8, 4) is 0 Å². The molecule has 2 aromatic rings. The van der Waals surface area contributed by atoms with Crippen LogP contribution in [0.15, 0.2) is 42.5 Å². The van der Waals surface area contributed by atoms with Crippen LogP contribution in [0.1, 0.15) is 16.7 Å². The van der Waals surface area contributed by atoms with Crippen LogP contribution in [0, 0.1) is 6.92 Å². The largest absolute Gasteiger partial charge is 0.381 e.